The summed E-state index contributed by atoms with van der Waals surface area (Å²) in [5, 5.41) is 3.28. The van der Waals surface area contributed by atoms with Gasteiger partial charge in [0.05, 0.1) is 5.37 Å². The van der Waals surface area contributed by atoms with Crippen molar-refractivity contribution in [3.05, 3.63) is 53.6 Å². The molecule has 27 heavy (non-hydrogen) atoms. The second-order valence-electron chi connectivity index (χ2n) is 7.97. The minimum absolute atomic E-state index is 0.122. The Balaban J connectivity index is 1.48. The van der Waals surface area contributed by atoms with Crippen LogP contribution in [0.1, 0.15) is 44.2 Å². The van der Waals surface area contributed by atoms with E-state index in [2.05, 4.69) is 44.1 Å². The summed E-state index contributed by atoms with van der Waals surface area (Å²) in [6.45, 7) is 6.62. The zero-order valence-electron chi connectivity index (χ0n) is 16.3. The highest BCUT2D eigenvalue weighted by atomic mass is 32.2. The molecule has 0 saturated carbocycles. The number of carbonyl (C=O) groups is 1. The first-order chi connectivity index (χ1) is 12.9. The monoisotopic (exact) mass is 382 g/mol. The number of thioether (sulfide) groups is 1. The van der Waals surface area contributed by atoms with Gasteiger partial charge in [-0.15, -0.1) is 11.8 Å². The topological polar surface area (TPSA) is 41.6 Å². The Hall–Kier alpha value is -2.14. The molecule has 5 heteroatoms. The van der Waals surface area contributed by atoms with Crippen LogP contribution >= 0.6 is 11.8 Å². The molecule has 0 spiro atoms. The molecule has 2 aromatic rings. The lowest BCUT2D eigenvalue weighted by Gasteiger charge is -2.27. The second-order valence-corrected chi connectivity index (χ2v) is 9.16. The Kier molecular flexibility index (Phi) is 4.58. The van der Waals surface area contributed by atoms with Gasteiger partial charge >= 0.3 is 6.09 Å². The first kappa shape index (κ1) is 18.2. The van der Waals surface area contributed by atoms with Crippen LogP contribution in [0, 0.1) is 0 Å². The highest BCUT2D eigenvalue weighted by Gasteiger charge is 2.50. The van der Waals surface area contributed by atoms with E-state index in [-0.39, 0.29) is 5.41 Å². The van der Waals surface area contributed by atoms with Crippen molar-refractivity contribution in [3.8, 4) is 5.75 Å². The Morgan fingerprint density at radius 2 is 2.00 bits per heavy atom. The Morgan fingerprint density at radius 3 is 2.70 bits per heavy atom. The number of rotatable bonds is 3. The molecule has 2 aliphatic heterocycles. The van der Waals surface area contributed by atoms with Crippen LogP contribution in [0.5, 0.6) is 5.75 Å². The highest BCUT2D eigenvalue weighted by Crippen LogP contribution is 2.55. The van der Waals surface area contributed by atoms with Gasteiger partial charge in [-0.1, -0.05) is 32.9 Å². The van der Waals surface area contributed by atoms with Gasteiger partial charge in [-0.05, 0) is 59.6 Å². The van der Waals surface area contributed by atoms with Crippen molar-refractivity contribution < 1.29 is 9.53 Å². The number of hydrogen-bond donors (Lipinski definition) is 1. The van der Waals surface area contributed by atoms with Gasteiger partial charge < -0.3 is 9.64 Å². The van der Waals surface area contributed by atoms with Gasteiger partial charge in [-0.25, -0.2) is 4.79 Å². The lowest BCUT2D eigenvalue weighted by atomic mass is 9.82. The molecule has 0 bridgehead atoms. The van der Waals surface area contributed by atoms with Crippen molar-refractivity contribution in [1.29, 1.82) is 0 Å². The fraction of sp³-hybridized carbons (Fsp3) is 0.409. The van der Waals surface area contributed by atoms with Crippen molar-refractivity contribution in [2.45, 2.75) is 43.9 Å². The maximum atomic E-state index is 12.3. The quantitative estimate of drug-likeness (QED) is 0.751. The number of likely N-dealkylation sites (N-methyl/N-ethyl adjacent to an activating group) is 1. The summed E-state index contributed by atoms with van der Waals surface area (Å²) in [6.07, 6.45) is 0.693. The number of amides is 1. The summed E-state index contributed by atoms with van der Waals surface area (Å²) in [4.78, 5) is 14.7. The molecule has 2 aliphatic rings. The van der Waals surface area contributed by atoms with Crippen molar-refractivity contribution in [3.63, 3.8) is 0 Å². The Morgan fingerprint density at radius 1 is 1.26 bits per heavy atom. The van der Waals surface area contributed by atoms with Crippen LogP contribution < -0.4 is 15.0 Å². The van der Waals surface area contributed by atoms with Crippen LogP contribution in [0.15, 0.2) is 42.5 Å². The average Bonchev–Trinajstić information content (AvgIpc) is 3.12. The third-order valence-corrected chi connectivity index (χ3v) is 7.38. The van der Waals surface area contributed by atoms with E-state index in [1.807, 2.05) is 48.2 Å². The van der Waals surface area contributed by atoms with E-state index < -0.39 is 6.09 Å². The molecule has 2 heterocycles. The summed E-state index contributed by atoms with van der Waals surface area (Å²) < 4.78 is 5.57. The first-order valence-corrected chi connectivity index (χ1v) is 10.5. The summed E-state index contributed by atoms with van der Waals surface area (Å²) in [5.74, 6) is 2.23. The van der Waals surface area contributed by atoms with Crippen LogP contribution in [0.4, 0.5) is 16.2 Å². The van der Waals surface area contributed by atoms with Gasteiger partial charge in [0.2, 0.25) is 0 Å². The lowest BCUT2D eigenvalue weighted by molar-refractivity contribution is 0.215. The molecule has 142 valence electrons. The summed E-state index contributed by atoms with van der Waals surface area (Å²) >= 11 is 2.01. The van der Waals surface area contributed by atoms with E-state index in [4.69, 9.17) is 4.74 Å². The number of fused-ring (bicyclic) bond motifs is 3. The van der Waals surface area contributed by atoms with Crippen LogP contribution in [-0.2, 0) is 5.41 Å². The van der Waals surface area contributed by atoms with E-state index >= 15 is 0 Å². The van der Waals surface area contributed by atoms with Crippen molar-refractivity contribution in [1.82, 2.24) is 0 Å². The number of hydrogen-bond acceptors (Lipinski definition) is 4. The maximum Gasteiger partial charge on any atom is 0.417 e. The summed E-state index contributed by atoms with van der Waals surface area (Å²) in [5.41, 5.74) is 4.63. The normalized spacial score (nSPS) is 23.3. The molecule has 0 radical (unpaired) electrons. The minimum Gasteiger partial charge on any atom is -0.410 e. The molecule has 1 saturated heterocycles. The maximum absolute atomic E-state index is 12.3. The third kappa shape index (κ3) is 3.18. The molecule has 1 unspecified atom stereocenters. The summed E-state index contributed by atoms with van der Waals surface area (Å²) in [6, 6.07) is 13.9. The van der Waals surface area contributed by atoms with Crippen LogP contribution in [0.3, 0.4) is 0 Å². The number of anilines is 2. The SMILES string of the molecule is CC(C)c1ccc(NC(=O)Oc2ccc3c(c2)[C@]2(C)CCSC2N3C)cc1. The van der Waals surface area contributed by atoms with E-state index in [1.54, 1.807) is 0 Å². The van der Waals surface area contributed by atoms with Crippen molar-refractivity contribution >= 4 is 29.2 Å². The predicted octanol–water partition coefficient (Wildman–Crippen LogP) is 5.59. The average molecular weight is 383 g/mol. The molecule has 1 amide bonds. The second kappa shape index (κ2) is 6.79. The lowest BCUT2D eigenvalue weighted by Crippen LogP contribution is -2.34. The molecule has 4 rings (SSSR count). The molecule has 2 atom stereocenters. The molecule has 0 aromatic heterocycles. The van der Waals surface area contributed by atoms with Gasteiger partial charge in [-0.3, -0.25) is 5.32 Å². The Bertz CT molecular complexity index is 865. The number of carbonyl (C=O) groups excluding carboxylic acids is 1. The van der Waals surface area contributed by atoms with E-state index in [1.165, 1.54) is 22.6 Å². The van der Waals surface area contributed by atoms with Gasteiger partial charge in [-0.2, -0.15) is 0 Å². The molecule has 2 aromatic carbocycles. The fourth-order valence-corrected chi connectivity index (χ4v) is 5.88. The summed E-state index contributed by atoms with van der Waals surface area (Å²) in [7, 11) is 2.15. The minimum atomic E-state index is -0.457. The molecule has 1 N–H and O–H groups in total. The number of nitrogens with one attached hydrogen (secondary N) is 1. The smallest absolute Gasteiger partial charge is 0.410 e. The van der Waals surface area contributed by atoms with E-state index in [0.717, 1.165) is 12.1 Å². The van der Waals surface area contributed by atoms with Crippen molar-refractivity contribution in [2.24, 2.45) is 0 Å². The van der Waals surface area contributed by atoms with Gasteiger partial charge in [0, 0.05) is 23.8 Å². The van der Waals surface area contributed by atoms with Gasteiger partial charge in [0.1, 0.15) is 5.75 Å². The van der Waals surface area contributed by atoms with Crippen LogP contribution in [0.25, 0.3) is 0 Å². The molecular formula is C22H26N2O2S. The van der Waals surface area contributed by atoms with E-state index in [9.17, 15) is 4.79 Å². The standard InChI is InChI=1S/C22H26N2O2S/c1-14(2)15-5-7-16(8-6-15)23-21(25)26-17-9-10-19-18(13-17)22(3)11-12-27-20(22)24(19)4/h5-10,13-14,20H,11-12H2,1-4H3,(H,23,25)/t20?,22-/m0/s1. The number of benzene rings is 2. The highest BCUT2D eigenvalue weighted by molar-refractivity contribution is 8.00. The molecule has 0 aliphatic carbocycles. The molecule has 4 nitrogen and oxygen atoms in total. The zero-order chi connectivity index (χ0) is 19.2. The van der Waals surface area contributed by atoms with Gasteiger partial charge in [0.15, 0.2) is 0 Å². The third-order valence-electron chi connectivity index (χ3n) is 5.79. The number of nitrogens with zero attached hydrogens (tertiary/aromatic N) is 1. The van der Waals surface area contributed by atoms with Crippen LogP contribution in [-0.4, -0.2) is 24.3 Å². The fourth-order valence-electron chi connectivity index (χ4n) is 4.17. The first-order valence-electron chi connectivity index (χ1n) is 9.46. The van der Waals surface area contributed by atoms with Gasteiger partial charge in [0.25, 0.3) is 0 Å². The molecule has 1 fully saturated rings. The van der Waals surface area contributed by atoms with Crippen molar-refractivity contribution in [2.75, 3.05) is 23.0 Å². The van der Waals surface area contributed by atoms with Crippen LogP contribution in [0.2, 0.25) is 0 Å². The number of ether oxygens (including phenoxy) is 1. The predicted molar refractivity (Wildman–Crippen MR) is 113 cm³/mol. The molecular weight excluding hydrogens is 356 g/mol. The Labute approximate surface area is 165 Å². The zero-order valence-corrected chi connectivity index (χ0v) is 17.1. The van der Waals surface area contributed by atoms with E-state index in [0.29, 0.717) is 17.0 Å². The largest absolute Gasteiger partial charge is 0.417 e.